The van der Waals surface area contributed by atoms with Crippen LogP contribution in [0.4, 0.5) is 0 Å². The zero-order valence-electron chi connectivity index (χ0n) is 16.3. The van der Waals surface area contributed by atoms with Crippen LogP contribution in [0.3, 0.4) is 0 Å². The van der Waals surface area contributed by atoms with Gasteiger partial charge in [0.1, 0.15) is 6.10 Å². The average Bonchev–Trinajstić information content (AvgIpc) is 3.18. The molecule has 1 aromatic heterocycles. The second-order valence-electron chi connectivity index (χ2n) is 8.90. The molecule has 2 saturated carbocycles. The number of alkyl halides is 1. The summed E-state index contributed by atoms with van der Waals surface area (Å²) in [5.74, 6) is -2.07. The lowest BCUT2D eigenvalue weighted by Gasteiger charge is -2.60. The number of furan rings is 1. The van der Waals surface area contributed by atoms with E-state index in [2.05, 4.69) is 0 Å². The van der Waals surface area contributed by atoms with Crippen LogP contribution >= 0.6 is 11.6 Å². The van der Waals surface area contributed by atoms with Gasteiger partial charge in [0.15, 0.2) is 5.78 Å². The third-order valence-electron chi connectivity index (χ3n) is 7.49. The number of carbonyl (C=O) groups excluding carboxylic acids is 3. The molecule has 0 bridgehead atoms. The molecule has 7 heteroatoms. The molecule has 2 aliphatic carbocycles. The van der Waals surface area contributed by atoms with Crippen molar-refractivity contribution in [2.75, 3.05) is 7.11 Å². The van der Waals surface area contributed by atoms with Crippen molar-refractivity contribution in [3.05, 3.63) is 24.2 Å². The minimum Gasteiger partial charge on any atom is -0.472 e. The maximum atomic E-state index is 13.3. The number of hydrogen-bond acceptors (Lipinski definition) is 6. The predicted molar refractivity (Wildman–Crippen MR) is 99.4 cm³/mol. The first-order valence-electron chi connectivity index (χ1n) is 9.70. The van der Waals surface area contributed by atoms with Gasteiger partial charge in [0.25, 0.3) is 0 Å². The smallest absolute Gasteiger partial charge is 0.310 e. The van der Waals surface area contributed by atoms with E-state index in [1.165, 1.54) is 13.4 Å². The van der Waals surface area contributed by atoms with Crippen LogP contribution in [0.15, 0.2) is 23.0 Å². The summed E-state index contributed by atoms with van der Waals surface area (Å²) in [4.78, 5) is 38.8. The molecular weight excluding hydrogens is 384 g/mol. The second-order valence-corrected chi connectivity index (χ2v) is 9.43. The molecule has 28 heavy (non-hydrogen) atoms. The van der Waals surface area contributed by atoms with E-state index in [9.17, 15) is 14.4 Å². The molecule has 3 fully saturated rings. The van der Waals surface area contributed by atoms with E-state index in [0.717, 1.165) is 5.56 Å². The molecule has 0 N–H and O–H groups in total. The Morgan fingerprint density at radius 3 is 2.68 bits per heavy atom. The van der Waals surface area contributed by atoms with Gasteiger partial charge in [-0.15, -0.1) is 11.6 Å². The van der Waals surface area contributed by atoms with Crippen molar-refractivity contribution >= 4 is 29.3 Å². The van der Waals surface area contributed by atoms with Gasteiger partial charge in [0.05, 0.1) is 36.8 Å². The van der Waals surface area contributed by atoms with Crippen LogP contribution in [0.2, 0.25) is 0 Å². The summed E-state index contributed by atoms with van der Waals surface area (Å²) in [6, 6.07) is 1.77. The first-order chi connectivity index (χ1) is 13.2. The van der Waals surface area contributed by atoms with Crippen LogP contribution in [0.25, 0.3) is 0 Å². The Balaban J connectivity index is 1.79. The van der Waals surface area contributed by atoms with Gasteiger partial charge in [0, 0.05) is 11.5 Å². The molecule has 2 heterocycles. The van der Waals surface area contributed by atoms with E-state index in [0.29, 0.717) is 19.3 Å². The molecule has 1 aromatic rings. The largest absolute Gasteiger partial charge is 0.472 e. The summed E-state index contributed by atoms with van der Waals surface area (Å²) >= 11 is 6.42. The lowest BCUT2D eigenvalue weighted by molar-refractivity contribution is -0.202. The summed E-state index contributed by atoms with van der Waals surface area (Å²) in [5, 5.41) is -0.761. The topological polar surface area (TPSA) is 82.8 Å². The predicted octanol–water partition coefficient (Wildman–Crippen LogP) is 3.68. The quantitative estimate of drug-likeness (QED) is 0.548. The maximum Gasteiger partial charge on any atom is 0.310 e. The number of rotatable bonds is 2. The molecule has 0 amide bonds. The van der Waals surface area contributed by atoms with Gasteiger partial charge in [-0.25, -0.2) is 0 Å². The van der Waals surface area contributed by atoms with Gasteiger partial charge in [0.2, 0.25) is 0 Å². The van der Waals surface area contributed by atoms with Crippen molar-refractivity contribution in [3.8, 4) is 0 Å². The standard InChI is InChI=1S/C21H25ClO6/c1-20-6-4-12-19(25)28-15(11-5-7-27-10-11)9-21(12,2)17(20)16(23)14(22)8-13(20)18(24)26-3/h5,7,10,12-15,17H,4,6,8-9H2,1-3H3/t12?,13-,14+,15-,17?,20-,21-/m0/s1. The van der Waals surface area contributed by atoms with Gasteiger partial charge in [-0.1, -0.05) is 13.8 Å². The summed E-state index contributed by atoms with van der Waals surface area (Å²) in [6.07, 6.45) is 4.55. The first-order valence-corrected chi connectivity index (χ1v) is 10.1. The van der Waals surface area contributed by atoms with Crippen LogP contribution in [-0.2, 0) is 23.9 Å². The summed E-state index contributed by atoms with van der Waals surface area (Å²) in [6.45, 7) is 3.96. The van der Waals surface area contributed by atoms with Gasteiger partial charge in [-0.05, 0) is 42.6 Å². The SMILES string of the molecule is COC(=O)[C@@H]1C[C@@H](Cl)C(=O)C2[C@@]3(C)C[C@@H](c4ccoc4)OC(=O)C3CC[C@]21C. The highest BCUT2D eigenvalue weighted by Gasteiger charge is 2.67. The van der Waals surface area contributed by atoms with Crippen molar-refractivity contribution in [2.24, 2.45) is 28.6 Å². The Morgan fingerprint density at radius 1 is 1.29 bits per heavy atom. The number of Topliss-reactive ketones (excluding diaryl/α,β-unsaturated/α-hetero) is 1. The highest BCUT2D eigenvalue weighted by Crippen LogP contribution is 2.65. The fraction of sp³-hybridized carbons (Fsp3) is 0.667. The maximum absolute atomic E-state index is 13.3. The van der Waals surface area contributed by atoms with E-state index in [-0.39, 0.29) is 24.1 Å². The number of ether oxygens (including phenoxy) is 2. The Bertz CT molecular complexity index is 804. The van der Waals surface area contributed by atoms with Gasteiger partial charge in [-0.3, -0.25) is 14.4 Å². The molecule has 3 aliphatic rings. The van der Waals surface area contributed by atoms with Crippen LogP contribution in [0.1, 0.15) is 51.2 Å². The average molecular weight is 409 g/mol. The number of ketones is 1. The number of cyclic esters (lactones) is 1. The number of fused-ring (bicyclic) bond motifs is 3. The molecule has 2 unspecified atom stereocenters. The van der Waals surface area contributed by atoms with Crippen LogP contribution in [0, 0.1) is 28.6 Å². The molecule has 1 saturated heterocycles. The molecule has 4 rings (SSSR count). The van der Waals surface area contributed by atoms with E-state index < -0.39 is 40.1 Å². The number of halogens is 1. The molecule has 152 valence electrons. The Labute approximate surface area is 168 Å². The number of hydrogen-bond donors (Lipinski definition) is 0. The van der Waals surface area contributed by atoms with Crippen LogP contribution in [-0.4, -0.2) is 30.2 Å². The van der Waals surface area contributed by atoms with Gasteiger partial charge in [-0.2, -0.15) is 0 Å². The first kappa shape index (κ1) is 19.5. The molecule has 0 spiro atoms. The van der Waals surface area contributed by atoms with E-state index in [1.54, 1.807) is 12.3 Å². The molecule has 0 aromatic carbocycles. The van der Waals surface area contributed by atoms with Crippen molar-refractivity contribution in [1.82, 2.24) is 0 Å². The second kappa shape index (κ2) is 6.61. The minimum absolute atomic E-state index is 0.0721. The van der Waals surface area contributed by atoms with E-state index >= 15 is 0 Å². The number of carbonyl (C=O) groups is 3. The molecule has 7 atom stereocenters. The van der Waals surface area contributed by atoms with Gasteiger partial charge >= 0.3 is 11.9 Å². The van der Waals surface area contributed by atoms with Gasteiger partial charge < -0.3 is 13.9 Å². The normalized spacial score (nSPS) is 42.9. The Kier molecular flexibility index (Phi) is 4.60. The highest BCUT2D eigenvalue weighted by molar-refractivity contribution is 6.32. The zero-order valence-corrected chi connectivity index (χ0v) is 17.0. The fourth-order valence-electron chi connectivity index (χ4n) is 6.14. The van der Waals surface area contributed by atoms with Crippen LogP contribution in [0.5, 0.6) is 0 Å². The fourth-order valence-corrected chi connectivity index (χ4v) is 6.45. The number of methoxy groups -OCH3 is 1. The lowest BCUT2D eigenvalue weighted by Crippen LogP contribution is -2.63. The summed E-state index contributed by atoms with van der Waals surface area (Å²) < 4.78 is 15.9. The Hall–Kier alpha value is -1.82. The molecular formula is C21H25ClO6. The third kappa shape index (κ3) is 2.64. The molecule has 6 nitrogen and oxygen atoms in total. The number of esters is 2. The third-order valence-corrected chi connectivity index (χ3v) is 7.88. The van der Waals surface area contributed by atoms with Crippen molar-refractivity contribution in [1.29, 1.82) is 0 Å². The molecule has 1 aliphatic heterocycles. The minimum atomic E-state index is -0.761. The van der Waals surface area contributed by atoms with Crippen molar-refractivity contribution < 1.29 is 28.3 Å². The zero-order chi connectivity index (χ0) is 20.3. The summed E-state index contributed by atoms with van der Waals surface area (Å²) in [5.41, 5.74) is -0.476. The Morgan fingerprint density at radius 2 is 2.04 bits per heavy atom. The van der Waals surface area contributed by atoms with Crippen LogP contribution < -0.4 is 0 Å². The van der Waals surface area contributed by atoms with E-state index in [4.69, 9.17) is 25.5 Å². The lowest BCUT2D eigenvalue weighted by atomic mass is 9.43. The van der Waals surface area contributed by atoms with Crippen molar-refractivity contribution in [3.63, 3.8) is 0 Å². The highest BCUT2D eigenvalue weighted by atomic mass is 35.5. The van der Waals surface area contributed by atoms with E-state index in [1.807, 2.05) is 13.8 Å². The summed E-state index contributed by atoms with van der Waals surface area (Å²) in [7, 11) is 1.36. The van der Waals surface area contributed by atoms with Crippen molar-refractivity contribution in [2.45, 2.75) is 51.0 Å². The molecule has 0 radical (unpaired) electrons. The monoisotopic (exact) mass is 408 g/mol.